The number of rotatable bonds is 5. The Morgan fingerprint density at radius 2 is 2.21 bits per heavy atom. The maximum atomic E-state index is 12.3. The number of anilines is 1. The molecule has 104 valence electrons. The number of nitrogens with one attached hydrogen (secondary N) is 2. The second-order valence-corrected chi connectivity index (χ2v) is 5.43. The average molecular weight is 262 g/mol. The summed E-state index contributed by atoms with van der Waals surface area (Å²) in [5.41, 5.74) is 1.82. The van der Waals surface area contributed by atoms with Crippen molar-refractivity contribution in [1.82, 2.24) is 5.32 Å². The van der Waals surface area contributed by atoms with E-state index in [1.165, 1.54) is 0 Å². The average Bonchev–Trinajstić information content (AvgIpc) is 2.80. The van der Waals surface area contributed by atoms with Crippen molar-refractivity contribution in [2.75, 3.05) is 25.0 Å². The van der Waals surface area contributed by atoms with Gasteiger partial charge in [-0.05, 0) is 32.4 Å². The van der Waals surface area contributed by atoms with Gasteiger partial charge in [-0.2, -0.15) is 0 Å². The van der Waals surface area contributed by atoms with Crippen LogP contribution in [0.4, 0.5) is 5.69 Å². The molecule has 0 aromatic heterocycles. The summed E-state index contributed by atoms with van der Waals surface area (Å²) in [7, 11) is 0. The van der Waals surface area contributed by atoms with Gasteiger partial charge in [-0.25, -0.2) is 0 Å². The first-order chi connectivity index (χ1) is 9.03. The van der Waals surface area contributed by atoms with Gasteiger partial charge in [0.25, 0.3) is 0 Å². The van der Waals surface area contributed by atoms with Gasteiger partial charge in [-0.3, -0.25) is 4.79 Å². The third kappa shape index (κ3) is 3.26. The standard InChI is InChI=1S/C15H22N2O2/c1-4-19-15(2,3)10-17-14(18)12-9-16-13-8-6-5-7-11(12)13/h5-8,12,16H,4,9-10H2,1-3H3,(H,17,18). The quantitative estimate of drug-likeness (QED) is 0.854. The van der Waals surface area contributed by atoms with Crippen LogP contribution in [-0.2, 0) is 9.53 Å². The fraction of sp³-hybridized carbons (Fsp3) is 0.533. The Labute approximate surface area is 114 Å². The van der Waals surface area contributed by atoms with Crippen LogP contribution in [0.15, 0.2) is 24.3 Å². The maximum absolute atomic E-state index is 12.3. The van der Waals surface area contributed by atoms with Crippen molar-refractivity contribution < 1.29 is 9.53 Å². The van der Waals surface area contributed by atoms with Crippen molar-refractivity contribution >= 4 is 11.6 Å². The predicted octanol–water partition coefficient (Wildman–Crippen LogP) is 2.13. The minimum atomic E-state index is -0.323. The highest BCUT2D eigenvalue weighted by atomic mass is 16.5. The van der Waals surface area contributed by atoms with Crippen LogP contribution in [0.2, 0.25) is 0 Å². The smallest absolute Gasteiger partial charge is 0.229 e. The molecule has 0 bridgehead atoms. The Morgan fingerprint density at radius 1 is 1.47 bits per heavy atom. The first-order valence-electron chi connectivity index (χ1n) is 6.78. The van der Waals surface area contributed by atoms with E-state index in [0.717, 1.165) is 11.3 Å². The highest BCUT2D eigenvalue weighted by molar-refractivity contribution is 5.88. The number of fused-ring (bicyclic) bond motifs is 1. The van der Waals surface area contributed by atoms with E-state index in [0.29, 0.717) is 19.7 Å². The number of amides is 1. The van der Waals surface area contributed by atoms with Crippen LogP contribution in [0.25, 0.3) is 0 Å². The Morgan fingerprint density at radius 3 is 2.95 bits per heavy atom. The first kappa shape index (κ1) is 13.9. The molecule has 2 rings (SSSR count). The van der Waals surface area contributed by atoms with Crippen molar-refractivity contribution in [3.8, 4) is 0 Å². The normalized spacial score (nSPS) is 17.7. The predicted molar refractivity (Wildman–Crippen MR) is 76.4 cm³/mol. The maximum Gasteiger partial charge on any atom is 0.229 e. The monoisotopic (exact) mass is 262 g/mol. The topological polar surface area (TPSA) is 50.4 Å². The largest absolute Gasteiger partial charge is 0.384 e. The van der Waals surface area contributed by atoms with Crippen molar-refractivity contribution in [1.29, 1.82) is 0 Å². The summed E-state index contributed by atoms with van der Waals surface area (Å²) in [6.07, 6.45) is 0. The van der Waals surface area contributed by atoms with E-state index >= 15 is 0 Å². The van der Waals surface area contributed by atoms with E-state index < -0.39 is 0 Å². The lowest BCUT2D eigenvalue weighted by Gasteiger charge is -2.25. The molecule has 2 N–H and O–H groups in total. The third-order valence-electron chi connectivity index (χ3n) is 3.37. The number of ether oxygens (including phenoxy) is 1. The van der Waals surface area contributed by atoms with Gasteiger partial charge in [0.2, 0.25) is 5.91 Å². The molecule has 4 heteroatoms. The molecule has 0 spiro atoms. The van der Waals surface area contributed by atoms with E-state index in [4.69, 9.17) is 4.74 Å². The molecule has 0 saturated carbocycles. The first-order valence-corrected chi connectivity index (χ1v) is 6.78. The van der Waals surface area contributed by atoms with E-state index in [1.54, 1.807) is 0 Å². The lowest BCUT2D eigenvalue weighted by molar-refractivity contribution is -0.123. The summed E-state index contributed by atoms with van der Waals surface area (Å²) in [4.78, 5) is 12.3. The molecular weight excluding hydrogens is 240 g/mol. The third-order valence-corrected chi connectivity index (χ3v) is 3.37. The van der Waals surface area contributed by atoms with E-state index in [2.05, 4.69) is 10.6 Å². The Balaban J connectivity index is 1.95. The lowest BCUT2D eigenvalue weighted by Crippen LogP contribution is -2.42. The van der Waals surface area contributed by atoms with Crippen LogP contribution >= 0.6 is 0 Å². The number of benzene rings is 1. The number of hydrogen-bond donors (Lipinski definition) is 2. The number of carbonyl (C=O) groups excluding carboxylic acids is 1. The Bertz CT molecular complexity index is 457. The Kier molecular flexibility index (Phi) is 4.10. The molecule has 1 amide bonds. The Hall–Kier alpha value is -1.55. The zero-order valence-electron chi connectivity index (χ0n) is 11.8. The van der Waals surface area contributed by atoms with Gasteiger partial charge in [0.15, 0.2) is 0 Å². The van der Waals surface area contributed by atoms with Gasteiger partial charge in [-0.1, -0.05) is 18.2 Å². The molecule has 1 atom stereocenters. The van der Waals surface area contributed by atoms with Gasteiger partial charge < -0.3 is 15.4 Å². The van der Waals surface area contributed by atoms with Crippen molar-refractivity contribution in [2.24, 2.45) is 0 Å². The second-order valence-electron chi connectivity index (χ2n) is 5.43. The molecular formula is C15H22N2O2. The van der Waals surface area contributed by atoms with E-state index in [9.17, 15) is 4.79 Å². The fourth-order valence-corrected chi connectivity index (χ4v) is 2.38. The number of hydrogen-bond acceptors (Lipinski definition) is 3. The van der Waals surface area contributed by atoms with Crippen LogP contribution in [0.1, 0.15) is 32.3 Å². The summed E-state index contributed by atoms with van der Waals surface area (Å²) in [6.45, 7) is 7.77. The molecule has 1 heterocycles. The molecule has 4 nitrogen and oxygen atoms in total. The molecule has 1 aromatic carbocycles. The van der Waals surface area contributed by atoms with Crippen LogP contribution in [0, 0.1) is 0 Å². The second kappa shape index (κ2) is 5.61. The highest BCUT2D eigenvalue weighted by Gasteiger charge is 2.29. The van der Waals surface area contributed by atoms with Gasteiger partial charge in [0.1, 0.15) is 0 Å². The molecule has 0 saturated heterocycles. The minimum Gasteiger partial charge on any atom is -0.384 e. The fourth-order valence-electron chi connectivity index (χ4n) is 2.38. The van der Waals surface area contributed by atoms with Gasteiger partial charge in [0.05, 0.1) is 11.5 Å². The summed E-state index contributed by atoms with van der Waals surface area (Å²) < 4.78 is 5.58. The molecule has 1 aliphatic heterocycles. The number of carbonyl (C=O) groups is 1. The van der Waals surface area contributed by atoms with E-state index in [-0.39, 0.29) is 17.4 Å². The minimum absolute atomic E-state index is 0.0604. The van der Waals surface area contributed by atoms with Crippen molar-refractivity contribution in [2.45, 2.75) is 32.3 Å². The lowest BCUT2D eigenvalue weighted by atomic mass is 10.00. The molecule has 19 heavy (non-hydrogen) atoms. The van der Waals surface area contributed by atoms with Crippen molar-refractivity contribution in [3.63, 3.8) is 0 Å². The molecule has 1 aromatic rings. The molecule has 1 aliphatic rings. The molecule has 1 unspecified atom stereocenters. The summed E-state index contributed by atoms with van der Waals surface area (Å²) in [5.74, 6) is -0.0427. The van der Waals surface area contributed by atoms with Crippen LogP contribution in [0.5, 0.6) is 0 Å². The molecule has 0 radical (unpaired) electrons. The van der Waals surface area contributed by atoms with Crippen LogP contribution in [0.3, 0.4) is 0 Å². The van der Waals surface area contributed by atoms with Gasteiger partial charge in [0, 0.05) is 25.4 Å². The number of para-hydroxylation sites is 1. The van der Waals surface area contributed by atoms with Crippen molar-refractivity contribution in [3.05, 3.63) is 29.8 Å². The van der Waals surface area contributed by atoms with Crippen LogP contribution in [-0.4, -0.2) is 31.2 Å². The summed E-state index contributed by atoms with van der Waals surface area (Å²) >= 11 is 0. The molecule has 0 fully saturated rings. The molecule has 0 aliphatic carbocycles. The summed E-state index contributed by atoms with van der Waals surface area (Å²) in [6, 6.07) is 7.96. The summed E-state index contributed by atoms with van der Waals surface area (Å²) in [5, 5.41) is 6.25. The highest BCUT2D eigenvalue weighted by Crippen LogP contribution is 2.31. The van der Waals surface area contributed by atoms with Crippen LogP contribution < -0.4 is 10.6 Å². The SMILES string of the molecule is CCOC(C)(C)CNC(=O)C1CNc2ccccc21. The zero-order valence-corrected chi connectivity index (χ0v) is 11.8. The van der Waals surface area contributed by atoms with E-state index in [1.807, 2.05) is 45.0 Å². The van der Waals surface area contributed by atoms with Gasteiger partial charge in [-0.15, -0.1) is 0 Å². The zero-order chi connectivity index (χ0) is 13.9. The van der Waals surface area contributed by atoms with Gasteiger partial charge >= 0.3 is 0 Å².